The predicted octanol–water partition coefficient (Wildman–Crippen LogP) is -0.245. The van der Waals surface area contributed by atoms with Crippen LogP contribution in [0.4, 0.5) is 5.69 Å². The smallest absolute Gasteiger partial charge is 0.299 e. The molecule has 0 radical (unpaired) electrons. The molecule has 0 aliphatic rings. The topological polar surface area (TPSA) is 144 Å². The van der Waals surface area contributed by atoms with Crippen molar-refractivity contribution >= 4 is 38.2 Å². The molecule has 21 heavy (non-hydrogen) atoms. The van der Waals surface area contributed by atoms with Crippen LogP contribution in [0.1, 0.15) is 0 Å². The van der Waals surface area contributed by atoms with E-state index < -0.39 is 31.9 Å². The molecule has 0 spiro atoms. The van der Waals surface area contributed by atoms with Crippen LogP contribution in [-0.2, 0) is 10.0 Å². The number of non-ortho nitro benzene ring substituents is 1. The predicted molar refractivity (Wildman–Crippen MR) is 74.7 cm³/mol. The number of aromatic nitrogens is 2. The molecule has 1 aromatic heterocycles. The highest BCUT2D eigenvalue weighted by Gasteiger charge is 2.19. The number of nitrogens with zero attached hydrogens (tertiary/aromatic N) is 2. The Balaban J connectivity index is 2.95. The highest BCUT2D eigenvalue weighted by molar-refractivity contribution is 7.91. The summed E-state index contributed by atoms with van der Waals surface area (Å²) < 4.78 is 22.4. The molecule has 1 heterocycles. The second-order valence-corrected chi connectivity index (χ2v) is 6.20. The Morgan fingerprint density at radius 2 is 2.00 bits per heavy atom. The van der Waals surface area contributed by atoms with Crippen molar-refractivity contribution in [1.29, 1.82) is 0 Å². The average molecular weight is 335 g/mol. The number of hydrogen-bond donors (Lipinski definition) is 2. The molecule has 0 fully saturated rings. The number of nitro groups is 1. The average Bonchev–Trinajstić information content (AvgIpc) is 2.33. The third-order valence-electron chi connectivity index (χ3n) is 2.40. The van der Waals surface area contributed by atoms with E-state index in [9.17, 15) is 28.1 Å². The molecule has 12 heteroatoms. The molecule has 0 saturated carbocycles. The summed E-state index contributed by atoms with van der Waals surface area (Å²) in [5.74, 6) is 0. The first-order chi connectivity index (χ1) is 9.60. The van der Waals surface area contributed by atoms with Crippen LogP contribution in [0.5, 0.6) is 0 Å². The van der Waals surface area contributed by atoms with E-state index >= 15 is 0 Å². The lowest BCUT2D eigenvalue weighted by atomic mass is 10.2. The maximum atomic E-state index is 12.1. The summed E-state index contributed by atoms with van der Waals surface area (Å²) >= 11 is 5.68. The Bertz CT molecular complexity index is 976. The van der Waals surface area contributed by atoms with Crippen LogP contribution in [-0.4, -0.2) is 29.3 Å². The lowest BCUT2D eigenvalue weighted by molar-refractivity contribution is -0.383. The van der Waals surface area contributed by atoms with E-state index in [4.69, 9.17) is 11.6 Å². The van der Waals surface area contributed by atoms with Gasteiger partial charge in [0, 0.05) is 11.1 Å². The largest absolute Gasteiger partial charge is 0.348 e. The van der Waals surface area contributed by atoms with E-state index in [0.29, 0.717) is 0 Å². The van der Waals surface area contributed by atoms with Gasteiger partial charge in [0.25, 0.3) is 11.2 Å². The Morgan fingerprint density at radius 3 is 2.52 bits per heavy atom. The highest BCUT2D eigenvalue weighted by Crippen LogP contribution is 2.25. The van der Waals surface area contributed by atoms with E-state index in [1.165, 1.54) is 0 Å². The zero-order valence-electron chi connectivity index (χ0n) is 10.3. The minimum Gasteiger partial charge on any atom is -0.299 e. The van der Waals surface area contributed by atoms with Crippen LogP contribution in [0.15, 0.2) is 21.7 Å². The summed E-state index contributed by atoms with van der Waals surface area (Å²) in [7, 11) is -3.90. The van der Waals surface area contributed by atoms with Crippen molar-refractivity contribution in [2.45, 2.75) is 0 Å². The first-order valence-corrected chi connectivity index (χ1v) is 7.48. The number of rotatable bonds is 3. The second-order valence-electron chi connectivity index (χ2n) is 4.04. The molecule has 0 atom stereocenters. The van der Waals surface area contributed by atoms with Gasteiger partial charge in [0.05, 0.1) is 16.6 Å². The molecular weight excluding hydrogens is 328 g/mol. The van der Waals surface area contributed by atoms with Gasteiger partial charge in [0.2, 0.25) is 10.0 Å². The maximum Gasteiger partial charge on any atom is 0.348 e. The van der Waals surface area contributed by atoms with Gasteiger partial charge in [-0.1, -0.05) is 11.6 Å². The molecule has 0 amide bonds. The standard InChI is InChI=1S/C9H7ClN4O6S/c1-21(19,20)12-13-8(15)5-2-4(10)3-6(14(17)18)7(5)11-9(13)16/h2-3,12H,1H3,(H,11,16). The Hall–Kier alpha value is -2.40. The van der Waals surface area contributed by atoms with Gasteiger partial charge in [-0.3, -0.25) is 19.9 Å². The second kappa shape index (κ2) is 4.86. The minimum absolute atomic E-state index is 0.107. The fourth-order valence-electron chi connectivity index (χ4n) is 1.66. The van der Waals surface area contributed by atoms with Crippen molar-refractivity contribution in [2.75, 3.05) is 11.1 Å². The van der Waals surface area contributed by atoms with Crippen molar-refractivity contribution in [1.82, 2.24) is 9.66 Å². The molecule has 112 valence electrons. The van der Waals surface area contributed by atoms with E-state index in [1.54, 1.807) is 4.83 Å². The third kappa shape index (κ3) is 2.87. The van der Waals surface area contributed by atoms with Gasteiger partial charge in [0.15, 0.2) is 0 Å². The zero-order valence-corrected chi connectivity index (χ0v) is 11.9. The molecule has 0 saturated heterocycles. The monoisotopic (exact) mass is 334 g/mol. The summed E-state index contributed by atoms with van der Waals surface area (Å²) in [5.41, 5.74) is -3.16. The van der Waals surface area contributed by atoms with Crippen molar-refractivity contribution < 1.29 is 13.3 Å². The van der Waals surface area contributed by atoms with Gasteiger partial charge in [-0.25, -0.2) is 18.0 Å². The molecule has 0 aliphatic heterocycles. The fraction of sp³-hybridized carbons (Fsp3) is 0.111. The number of H-pyrrole nitrogens is 1. The van der Waals surface area contributed by atoms with Crippen LogP contribution in [0.2, 0.25) is 5.02 Å². The first-order valence-electron chi connectivity index (χ1n) is 5.21. The van der Waals surface area contributed by atoms with E-state index in [1.807, 2.05) is 0 Å². The fourth-order valence-corrected chi connectivity index (χ4v) is 2.37. The van der Waals surface area contributed by atoms with Gasteiger partial charge in [-0.2, -0.15) is 4.68 Å². The minimum atomic E-state index is -3.90. The van der Waals surface area contributed by atoms with Gasteiger partial charge >= 0.3 is 5.69 Å². The number of sulfonamides is 1. The summed E-state index contributed by atoms with van der Waals surface area (Å²) in [6, 6.07) is 2.05. The van der Waals surface area contributed by atoms with E-state index in [-0.39, 0.29) is 20.6 Å². The number of aromatic amines is 1. The lowest BCUT2D eigenvalue weighted by Gasteiger charge is -2.07. The van der Waals surface area contributed by atoms with Crippen LogP contribution in [0, 0.1) is 10.1 Å². The number of nitrogens with one attached hydrogen (secondary N) is 2. The van der Waals surface area contributed by atoms with E-state index in [2.05, 4.69) is 4.98 Å². The van der Waals surface area contributed by atoms with Crippen LogP contribution >= 0.6 is 11.6 Å². The molecule has 2 rings (SSSR count). The molecule has 1 aromatic carbocycles. The molecule has 0 bridgehead atoms. The summed E-state index contributed by atoms with van der Waals surface area (Å²) in [6.07, 6.45) is 0.740. The van der Waals surface area contributed by atoms with Gasteiger partial charge in [-0.05, 0) is 6.07 Å². The molecule has 0 aliphatic carbocycles. The van der Waals surface area contributed by atoms with Crippen molar-refractivity contribution in [3.05, 3.63) is 48.1 Å². The Morgan fingerprint density at radius 1 is 1.38 bits per heavy atom. The first kappa shape index (κ1) is 15.0. The molecule has 10 nitrogen and oxygen atoms in total. The van der Waals surface area contributed by atoms with Crippen molar-refractivity contribution in [2.24, 2.45) is 0 Å². The number of halogens is 1. The maximum absolute atomic E-state index is 12.1. The number of fused-ring (bicyclic) bond motifs is 1. The van der Waals surface area contributed by atoms with Crippen LogP contribution in [0.3, 0.4) is 0 Å². The van der Waals surface area contributed by atoms with Gasteiger partial charge in [-0.15, -0.1) is 0 Å². The van der Waals surface area contributed by atoms with Crippen molar-refractivity contribution in [3.8, 4) is 0 Å². The van der Waals surface area contributed by atoms with Crippen LogP contribution < -0.4 is 16.1 Å². The Kier molecular flexibility index (Phi) is 3.47. The molecule has 2 N–H and O–H groups in total. The number of hydrogen-bond acceptors (Lipinski definition) is 6. The van der Waals surface area contributed by atoms with Crippen molar-refractivity contribution in [3.63, 3.8) is 0 Å². The molecular formula is C9H7ClN4O6S. The normalized spacial score (nSPS) is 11.5. The summed E-state index contributed by atoms with van der Waals surface area (Å²) in [5, 5.41) is 10.5. The molecule has 0 unspecified atom stereocenters. The Labute approximate surface area is 121 Å². The summed E-state index contributed by atoms with van der Waals surface area (Å²) in [6.45, 7) is 0. The third-order valence-corrected chi connectivity index (χ3v) is 3.14. The molecule has 2 aromatic rings. The number of benzene rings is 1. The summed E-state index contributed by atoms with van der Waals surface area (Å²) in [4.78, 5) is 37.7. The zero-order chi connectivity index (χ0) is 15.9. The van der Waals surface area contributed by atoms with Gasteiger partial charge in [0.1, 0.15) is 5.52 Å². The SMILES string of the molecule is CS(=O)(=O)Nn1c(=O)[nH]c2c([N+](=O)[O-])cc(Cl)cc2c1=O. The number of nitro benzene ring substituents is 1. The lowest BCUT2D eigenvalue weighted by Crippen LogP contribution is -2.43. The van der Waals surface area contributed by atoms with Gasteiger partial charge < -0.3 is 0 Å². The quantitative estimate of drug-likeness (QED) is 0.585. The van der Waals surface area contributed by atoms with E-state index in [0.717, 1.165) is 18.4 Å². The highest BCUT2D eigenvalue weighted by atomic mass is 35.5. The van der Waals surface area contributed by atoms with Crippen LogP contribution in [0.25, 0.3) is 10.9 Å².